The summed E-state index contributed by atoms with van der Waals surface area (Å²) in [6.07, 6.45) is 0.233. The Labute approximate surface area is 156 Å². The molecule has 2 aromatic rings. The lowest BCUT2D eigenvalue weighted by atomic mass is 10.2. The molecule has 0 aliphatic carbocycles. The third-order valence-electron chi connectivity index (χ3n) is 4.33. The van der Waals surface area contributed by atoms with Crippen LogP contribution in [0.5, 0.6) is 5.75 Å². The summed E-state index contributed by atoms with van der Waals surface area (Å²) in [5.41, 5.74) is 2.32. The van der Waals surface area contributed by atoms with E-state index < -0.39 is 6.10 Å². The molecule has 0 bridgehead atoms. The summed E-state index contributed by atoms with van der Waals surface area (Å²) in [6.45, 7) is 5.72. The van der Waals surface area contributed by atoms with E-state index in [0.29, 0.717) is 35.8 Å². The number of aryl methyl sites for hydroxylation is 2. The first-order valence-corrected chi connectivity index (χ1v) is 8.80. The zero-order valence-corrected chi connectivity index (χ0v) is 15.5. The van der Waals surface area contributed by atoms with Crippen LogP contribution in [0, 0.1) is 13.8 Å². The van der Waals surface area contributed by atoms with Gasteiger partial charge in [0.05, 0.1) is 5.69 Å². The highest BCUT2D eigenvalue weighted by atomic mass is 16.5. The molecule has 0 radical (unpaired) electrons. The van der Waals surface area contributed by atoms with Gasteiger partial charge in [-0.25, -0.2) is 4.79 Å². The Morgan fingerprint density at radius 3 is 2.81 bits per heavy atom. The first-order chi connectivity index (χ1) is 12.8. The van der Waals surface area contributed by atoms with E-state index in [9.17, 15) is 14.4 Å². The predicted molar refractivity (Wildman–Crippen MR) is 101 cm³/mol. The van der Waals surface area contributed by atoms with Crippen molar-refractivity contribution in [3.63, 3.8) is 0 Å². The first kappa shape index (κ1) is 18.6. The minimum Gasteiger partial charge on any atom is -0.479 e. The minimum absolute atomic E-state index is 0.169. The molecule has 142 valence electrons. The Morgan fingerprint density at radius 2 is 2.07 bits per heavy atom. The van der Waals surface area contributed by atoms with Crippen molar-refractivity contribution in [2.24, 2.45) is 0 Å². The number of aromatic nitrogens is 2. The van der Waals surface area contributed by atoms with E-state index in [4.69, 9.17) is 4.74 Å². The summed E-state index contributed by atoms with van der Waals surface area (Å²) in [5, 5.41) is 5.54. The maximum absolute atomic E-state index is 12.2. The maximum atomic E-state index is 12.2. The molecular formula is C19H22N4O4. The van der Waals surface area contributed by atoms with Gasteiger partial charge in [-0.05, 0) is 51.5 Å². The number of nitrogens with zero attached hydrogens (tertiary/aromatic N) is 2. The van der Waals surface area contributed by atoms with Gasteiger partial charge in [0.25, 0.3) is 5.91 Å². The zero-order chi connectivity index (χ0) is 19.6. The van der Waals surface area contributed by atoms with Crippen molar-refractivity contribution >= 4 is 23.2 Å². The molecule has 0 spiro atoms. The number of fused-ring (bicyclic) bond motifs is 1. The quantitative estimate of drug-likeness (QED) is 0.838. The van der Waals surface area contributed by atoms with Gasteiger partial charge < -0.3 is 15.4 Å². The van der Waals surface area contributed by atoms with Crippen molar-refractivity contribution < 1.29 is 14.3 Å². The van der Waals surface area contributed by atoms with Gasteiger partial charge in [0.1, 0.15) is 5.75 Å². The molecule has 8 heteroatoms. The van der Waals surface area contributed by atoms with Gasteiger partial charge in [0.2, 0.25) is 5.91 Å². The number of benzene rings is 1. The number of amides is 2. The largest absolute Gasteiger partial charge is 0.479 e. The van der Waals surface area contributed by atoms with Crippen LogP contribution >= 0.6 is 0 Å². The molecule has 0 fully saturated rings. The molecule has 1 aliphatic heterocycles. The molecule has 0 saturated heterocycles. The summed E-state index contributed by atoms with van der Waals surface area (Å²) in [5.74, 6) is 0.178. The van der Waals surface area contributed by atoms with Gasteiger partial charge in [0, 0.05) is 30.0 Å². The molecule has 3 rings (SSSR count). The van der Waals surface area contributed by atoms with E-state index in [1.165, 1.54) is 0 Å². The molecule has 1 aliphatic rings. The molecule has 2 N–H and O–H groups in total. The van der Waals surface area contributed by atoms with Crippen LogP contribution in [-0.4, -0.2) is 27.5 Å². The van der Waals surface area contributed by atoms with Crippen molar-refractivity contribution in [3.05, 3.63) is 46.1 Å². The van der Waals surface area contributed by atoms with Crippen molar-refractivity contribution in [3.8, 4) is 5.75 Å². The average Bonchev–Trinajstić information content (AvgIpc) is 2.58. The predicted octanol–water partition coefficient (Wildman–Crippen LogP) is 2.00. The van der Waals surface area contributed by atoms with Gasteiger partial charge >= 0.3 is 5.69 Å². The second kappa shape index (κ2) is 7.61. The highest BCUT2D eigenvalue weighted by molar-refractivity contribution is 5.99. The normalized spacial score (nSPS) is 15.5. The van der Waals surface area contributed by atoms with E-state index in [-0.39, 0.29) is 23.9 Å². The van der Waals surface area contributed by atoms with Crippen LogP contribution < -0.4 is 21.1 Å². The van der Waals surface area contributed by atoms with Crippen molar-refractivity contribution in [1.82, 2.24) is 9.55 Å². The third-order valence-corrected chi connectivity index (χ3v) is 4.33. The monoisotopic (exact) mass is 370 g/mol. The molecule has 1 aromatic carbocycles. The standard InChI is InChI=1S/C19H22N4O4/c1-11-9-12(2)23(19(26)20-11)8-4-5-17(24)21-14-6-7-16-15(10-14)22-18(25)13(3)27-16/h6-7,9-10,13H,4-5,8H2,1-3H3,(H,21,24)(H,22,25). The number of hydrogen-bond donors (Lipinski definition) is 2. The minimum atomic E-state index is -0.541. The summed E-state index contributed by atoms with van der Waals surface area (Å²) in [6, 6.07) is 6.93. The highest BCUT2D eigenvalue weighted by Gasteiger charge is 2.23. The van der Waals surface area contributed by atoms with Gasteiger partial charge in [-0.2, -0.15) is 4.98 Å². The summed E-state index contributed by atoms with van der Waals surface area (Å²) in [7, 11) is 0. The lowest BCUT2D eigenvalue weighted by Gasteiger charge is -2.23. The lowest BCUT2D eigenvalue weighted by Crippen LogP contribution is -2.34. The van der Waals surface area contributed by atoms with Gasteiger partial charge in [-0.15, -0.1) is 0 Å². The van der Waals surface area contributed by atoms with E-state index >= 15 is 0 Å². The Hall–Kier alpha value is -3.16. The van der Waals surface area contributed by atoms with Crippen LogP contribution in [-0.2, 0) is 16.1 Å². The van der Waals surface area contributed by atoms with E-state index in [0.717, 1.165) is 5.69 Å². The van der Waals surface area contributed by atoms with Crippen LogP contribution in [0.2, 0.25) is 0 Å². The molecule has 8 nitrogen and oxygen atoms in total. The molecule has 2 heterocycles. The summed E-state index contributed by atoms with van der Waals surface area (Å²) in [4.78, 5) is 39.7. The number of nitrogens with one attached hydrogen (secondary N) is 2. The highest BCUT2D eigenvalue weighted by Crippen LogP contribution is 2.32. The van der Waals surface area contributed by atoms with Crippen LogP contribution in [0.15, 0.2) is 29.1 Å². The molecular weight excluding hydrogens is 348 g/mol. The van der Waals surface area contributed by atoms with E-state index in [2.05, 4.69) is 15.6 Å². The molecule has 1 aromatic heterocycles. The number of carbonyl (C=O) groups is 2. The summed E-state index contributed by atoms with van der Waals surface area (Å²) < 4.78 is 7.05. The Balaban J connectivity index is 1.57. The zero-order valence-electron chi connectivity index (χ0n) is 15.5. The van der Waals surface area contributed by atoms with Gasteiger partial charge in [-0.1, -0.05) is 0 Å². The Bertz CT molecular complexity index is 951. The number of carbonyl (C=O) groups excluding carboxylic acids is 2. The molecule has 0 saturated carbocycles. The fourth-order valence-corrected chi connectivity index (χ4v) is 2.95. The summed E-state index contributed by atoms with van der Waals surface area (Å²) >= 11 is 0. The fraction of sp³-hybridized carbons (Fsp3) is 0.368. The van der Waals surface area contributed by atoms with Crippen molar-refractivity contribution in [2.45, 2.75) is 46.3 Å². The van der Waals surface area contributed by atoms with E-state index in [1.54, 1.807) is 36.6 Å². The molecule has 27 heavy (non-hydrogen) atoms. The first-order valence-electron chi connectivity index (χ1n) is 8.80. The average molecular weight is 370 g/mol. The lowest BCUT2D eigenvalue weighted by molar-refractivity contribution is -0.122. The van der Waals surface area contributed by atoms with Crippen LogP contribution in [0.25, 0.3) is 0 Å². The SMILES string of the molecule is Cc1cc(C)n(CCCC(=O)Nc2ccc3c(c2)NC(=O)C(C)O3)c(=O)n1. The van der Waals surface area contributed by atoms with Crippen LogP contribution in [0.4, 0.5) is 11.4 Å². The second-order valence-electron chi connectivity index (χ2n) is 6.59. The Morgan fingerprint density at radius 1 is 1.30 bits per heavy atom. The van der Waals surface area contributed by atoms with Gasteiger partial charge in [-0.3, -0.25) is 14.2 Å². The Kier molecular flexibility index (Phi) is 5.25. The number of hydrogen-bond acceptors (Lipinski definition) is 5. The van der Waals surface area contributed by atoms with E-state index in [1.807, 2.05) is 13.0 Å². The van der Waals surface area contributed by atoms with Gasteiger partial charge in [0.15, 0.2) is 6.10 Å². The molecule has 1 unspecified atom stereocenters. The number of anilines is 2. The smallest absolute Gasteiger partial charge is 0.347 e. The number of rotatable bonds is 5. The maximum Gasteiger partial charge on any atom is 0.347 e. The topological polar surface area (TPSA) is 102 Å². The van der Waals surface area contributed by atoms with Crippen molar-refractivity contribution in [1.29, 1.82) is 0 Å². The molecule has 2 amide bonds. The third kappa shape index (κ3) is 4.33. The second-order valence-corrected chi connectivity index (χ2v) is 6.59. The fourth-order valence-electron chi connectivity index (χ4n) is 2.95. The van der Waals surface area contributed by atoms with Crippen LogP contribution in [0.1, 0.15) is 31.2 Å². The molecule has 1 atom stereocenters. The van der Waals surface area contributed by atoms with Crippen LogP contribution in [0.3, 0.4) is 0 Å². The number of ether oxygens (including phenoxy) is 1. The van der Waals surface area contributed by atoms with Crippen molar-refractivity contribution in [2.75, 3.05) is 10.6 Å².